The van der Waals surface area contributed by atoms with Crippen LogP contribution in [0.4, 0.5) is 0 Å². The van der Waals surface area contributed by atoms with E-state index >= 15 is 0 Å². The fourth-order valence-corrected chi connectivity index (χ4v) is 4.58. The number of hydrogen-bond donors (Lipinski definition) is 2. The summed E-state index contributed by atoms with van der Waals surface area (Å²) in [6, 6.07) is 16.2. The highest BCUT2D eigenvalue weighted by molar-refractivity contribution is 5.98. The average molecular weight is 452 g/mol. The van der Waals surface area contributed by atoms with Gasteiger partial charge in [0.2, 0.25) is 5.91 Å². The van der Waals surface area contributed by atoms with Crippen LogP contribution in [-0.2, 0) is 4.79 Å². The van der Waals surface area contributed by atoms with Crippen molar-refractivity contribution >= 4 is 11.8 Å². The molecule has 1 aliphatic heterocycles. The highest BCUT2D eigenvalue weighted by Crippen LogP contribution is 2.22. The molecule has 0 aliphatic carbocycles. The predicted octanol–water partition coefficient (Wildman–Crippen LogP) is 4.18. The summed E-state index contributed by atoms with van der Waals surface area (Å²) in [6.45, 7) is 7.32. The van der Waals surface area contributed by atoms with Crippen molar-refractivity contribution in [1.29, 1.82) is 0 Å². The number of ether oxygens (including phenoxy) is 1. The van der Waals surface area contributed by atoms with Crippen LogP contribution >= 0.6 is 0 Å². The van der Waals surface area contributed by atoms with E-state index in [-0.39, 0.29) is 11.8 Å². The first-order chi connectivity index (χ1) is 16.0. The van der Waals surface area contributed by atoms with Crippen molar-refractivity contribution < 1.29 is 14.3 Å². The lowest BCUT2D eigenvalue weighted by Crippen LogP contribution is -2.45. The van der Waals surface area contributed by atoms with Crippen LogP contribution in [0.5, 0.6) is 5.75 Å². The van der Waals surface area contributed by atoms with Crippen molar-refractivity contribution in [3.05, 3.63) is 65.7 Å². The van der Waals surface area contributed by atoms with E-state index in [4.69, 9.17) is 4.74 Å². The maximum Gasteiger partial charge on any atom is 0.252 e. The largest absolute Gasteiger partial charge is 0.497 e. The summed E-state index contributed by atoms with van der Waals surface area (Å²) in [4.78, 5) is 28.6. The summed E-state index contributed by atoms with van der Waals surface area (Å²) in [5.41, 5.74) is 1.25. The molecule has 0 radical (unpaired) electrons. The molecule has 1 saturated heterocycles. The molecular formula is C27H37N3O3. The molecule has 6 nitrogen and oxygen atoms in total. The molecular weight excluding hydrogens is 414 g/mol. The lowest BCUT2D eigenvalue weighted by molar-refractivity contribution is -0.123. The molecule has 33 heavy (non-hydrogen) atoms. The van der Waals surface area contributed by atoms with E-state index in [1.165, 1.54) is 12.8 Å². The third-order valence-corrected chi connectivity index (χ3v) is 6.70. The smallest absolute Gasteiger partial charge is 0.252 e. The fourth-order valence-electron chi connectivity index (χ4n) is 4.58. The minimum atomic E-state index is -0.745. The number of hydrogen-bond acceptors (Lipinski definition) is 4. The predicted molar refractivity (Wildman–Crippen MR) is 131 cm³/mol. The number of carbonyl (C=O) groups excluding carboxylic acids is 2. The number of piperidine rings is 1. The molecule has 2 aromatic carbocycles. The number of nitrogens with one attached hydrogen (secondary N) is 2. The molecule has 1 atom stereocenters. The van der Waals surface area contributed by atoms with E-state index in [1.54, 1.807) is 31.4 Å². The number of likely N-dealkylation sites (tertiary alicyclic amines) is 1. The Bertz CT molecular complexity index is 873. The van der Waals surface area contributed by atoms with E-state index < -0.39 is 6.04 Å². The van der Waals surface area contributed by atoms with Gasteiger partial charge in [-0.25, -0.2) is 0 Å². The van der Waals surface area contributed by atoms with E-state index in [1.807, 2.05) is 30.3 Å². The van der Waals surface area contributed by atoms with Crippen LogP contribution in [0.1, 0.15) is 61.5 Å². The van der Waals surface area contributed by atoms with Gasteiger partial charge in [0.1, 0.15) is 11.8 Å². The summed E-state index contributed by atoms with van der Waals surface area (Å²) in [7, 11) is 1.58. The van der Waals surface area contributed by atoms with Crippen molar-refractivity contribution in [2.75, 3.05) is 26.7 Å². The molecule has 0 bridgehead atoms. The summed E-state index contributed by atoms with van der Waals surface area (Å²) < 4.78 is 5.16. The average Bonchev–Trinajstić information content (AvgIpc) is 2.87. The molecule has 0 unspecified atom stereocenters. The fraction of sp³-hybridized carbons (Fsp3) is 0.481. The summed E-state index contributed by atoms with van der Waals surface area (Å²) in [6.07, 6.45) is 4.55. The zero-order valence-corrected chi connectivity index (χ0v) is 20.0. The molecule has 6 heteroatoms. The van der Waals surface area contributed by atoms with Crippen molar-refractivity contribution in [1.82, 2.24) is 15.5 Å². The summed E-state index contributed by atoms with van der Waals surface area (Å²) >= 11 is 0. The van der Waals surface area contributed by atoms with E-state index in [2.05, 4.69) is 29.4 Å². The molecule has 178 valence electrons. The van der Waals surface area contributed by atoms with Crippen LogP contribution < -0.4 is 15.4 Å². The number of methoxy groups -OCH3 is 1. The lowest BCUT2D eigenvalue weighted by Gasteiger charge is -2.37. The van der Waals surface area contributed by atoms with Gasteiger partial charge in [0.15, 0.2) is 0 Å². The Morgan fingerprint density at radius 1 is 1.00 bits per heavy atom. The van der Waals surface area contributed by atoms with E-state index in [0.717, 1.165) is 31.5 Å². The molecule has 1 aliphatic rings. The van der Waals surface area contributed by atoms with Crippen LogP contribution in [0.25, 0.3) is 0 Å². The second-order valence-electron chi connectivity index (χ2n) is 8.74. The molecule has 1 fully saturated rings. The highest BCUT2D eigenvalue weighted by atomic mass is 16.5. The normalized spacial score (nSPS) is 15.8. The third-order valence-electron chi connectivity index (χ3n) is 6.70. The van der Waals surface area contributed by atoms with Gasteiger partial charge in [-0.3, -0.25) is 9.59 Å². The molecule has 2 N–H and O–H groups in total. The summed E-state index contributed by atoms with van der Waals surface area (Å²) in [5, 5.41) is 6.02. The first-order valence-electron chi connectivity index (χ1n) is 12.1. The van der Waals surface area contributed by atoms with Gasteiger partial charge in [0.25, 0.3) is 5.91 Å². The minimum absolute atomic E-state index is 0.175. The third kappa shape index (κ3) is 6.81. The molecule has 2 amide bonds. The maximum atomic E-state index is 13.2. The van der Waals surface area contributed by atoms with Crippen molar-refractivity contribution in [2.24, 2.45) is 5.92 Å². The Kier molecular flexibility index (Phi) is 9.31. The molecule has 0 aromatic heterocycles. The Labute approximate surface area is 197 Å². The number of carbonyl (C=O) groups is 2. The molecule has 2 aromatic rings. The molecule has 0 saturated carbocycles. The first-order valence-corrected chi connectivity index (χ1v) is 12.1. The van der Waals surface area contributed by atoms with Gasteiger partial charge >= 0.3 is 0 Å². The minimum Gasteiger partial charge on any atom is -0.497 e. The molecule has 1 heterocycles. The van der Waals surface area contributed by atoms with Crippen LogP contribution in [0, 0.1) is 5.92 Å². The molecule has 0 spiro atoms. The standard InChI is InChI=1S/C27H37N3O3/c1-4-23(5-2)30-17-15-20(16-18-30)19-28-27(32)25(21-9-7-6-8-10-21)29-26(31)22-11-13-24(33-3)14-12-22/h6-14,20,23,25H,4-5,15-19H2,1-3H3,(H,28,32)(H,29,31)/t25-/m1/s1. The van der Waals surface area contributed by atoms with Crippen molar-refractivity contribution in [3.8, 4) is 5.75 Å². The van der Waals surface area contributed by atoms with Crippen LogP contribution in [0.2, 0.25) is 0 Å². The van der Waals surface area contributed by atoms with Gasteiger partial charge in [0, 0.05) is 18.2 Å². The van der Waals surface area contributed by atoms with Crippen LogP contribution in [0.3, 0.4) is 0 Å². The van der Waals surface area contributed by atoms with Gasteiger partial charge in [-0.05, 0) is 74.5 Å². The Morgan fingerprint density at radius 3 is 2.21 bits per heavy atom. The molecule has 3 rings (SSSR count). The van der Waals surface area contributed by atoms with Gasteiger partial charge in [-0.15, -0.1) is 0 Å². The number of nitrogens with zero attached hydrogens (tertiary/aromatic N) is 1. The zero-order chi connectivity index (χ0) is 23.6. The van der Waals surface area contributed by atoms with Crippen LogP contribution in [-0.4, -0.2) is 49.5 Å². The van der Waals surface area contributed by atoms with E-state index in [0.29, 0.717) is 29.8 Å². The monoisotopic (exact) mass is 451 g/mol. The Morgan fingerprint density at radius 2 is 1.64 bits per heavy atom. The van der Waals surface area contributed by atoms with Crippen molar-refractivity contribution in [3.63, 3.8) is 0 Å². The van der Waals surface area contributed by atoms with Crippen molar-refractivity contribution in [2.45, 2.75) is 51.6 Å². The summed E-state index contributed by atoms with van der Waals surface area (Å²) in [5.74, 6) is 0.679. The van der Waals surface area contributed by atoms with Gasteiger partial charge < -0.3 is 20.3 Å². The topological polar surface area (TPSA) is 70.7 Å². The first kappa shape index (κ1) is 24.8. The van der Waals surface area contributed by atoms with Gasteiger partial charge in [0.05, 0.1) is 7.11 Å². The Balaban J connectivity index is 1.60. The van der Waals surface area contributed by atoms with Gasteiger partial charge in [-0.2, -0.15) is 0 Å². The second-order valence-corrected chi connectivity index (χ2v) is 8.74. The highest BCUT2D eigenvalue weighted by Gasteiger charge is 2.26. The van der Waals surface area contributed by atoms with Gasteiger partial charge in [-0.1, -0.05) is 44.2 Å². The van der Waals surface area contributed by atoms with Crippen LogP contribution in [0.15, 0.2) is 54.6 Å². The number of rotatable bonds is 10. The lowest BCUT2D eigenvalue weighted by atomic mass is 9.94. The number of benzene rings is 2. The number of amides is 2. The zero-order valence-electron chi connectivity index (χ0n) is 20.0. The van der Waals surface area contributed by atoms with E-state index in [9.17, 15) is 9.59 Å². The Hall–Kier alpha value is -2.86. The maximum absolute atomic E-state index is 13.2. The SMILES string of the molecule is CCC(CC)N1CCC(CNC(=O)[C@H](NC(=O)c2ccc(OC)cc2)c2ccccc2)CC1. The second kappa shape index (κ2) is 12.4. The quantitative estimate of drug-likeness (QED) is 0.568.